The molecule has 4 heteroatoms. The number of aromatic amines is 1. The van der Waals surface area contributed by atoms with Crippen LogP contribution in [0.4, 0.5) is 0 Å². The first-order valence-electron chi connectivity index (χ1n) is 6.55. The number of halogens is 2. The second kappa shape index (κ2) is 4.86. The van der Waals surface area contributed by atoms with Crippen molar-refractivity contribution in [3.8, 4) is 11.4 Å². The van der Waals surface area contributed by atoms with Crippen molar-refractivity contribution in [3.63, 3.8) is 0 Å². The van der Waals surface area contributed by atoms with Crippen molar-refractivity contribution in [3.05, 3.63) is 64.1 Å². The normalized spacial score (nSPS) is 11.3. The van der Waals surface area contributed by atoms with E-state index < -0.39 is 0 Å². The summed E-state index contributed by atoms with van der Waals surface area (Å²) in [6, 6.07) is 18.1. The van der Waals surface area contributed by atoms with E-state index in [0.717, 1.165) is 32.3 Å². The van der Waals surface area contributed by atoms with Crippen LogP contribution in [-0.2, 0) is 0 Å². The average Bonchev–Trinajstić information content (AvgIpc) is 2.90. The van der Waals surface area contributed by atoms with Crippen LogP contribution < -0.4 is 0 Å². The second-order valence-corrected chi connectivity index (χ2v) is 6.18. The molecule has 0 bridgehead atoms. The predicted octanol–water partition coefficient (Wildman–Crippen LogP) is 5.80. The maximum absolute atomic E-state index is 6.04. The van der Waals surface area contributed by atoms with Gasteiger partial charge in [0.15, 0.2) is 0 Å². The summed E-state index contributed by atoms with van der Waals surface area (Å²) in [6.45, 7) is 0. The third-order valence-corrected chi connectivity index (χ3v) is 4.49. The zero-order valence-electron chi connectivity index (χ0n) is 10.9. The first-order chi connectivity index (χ1) is 10.2. The van der Waals surface area contributed by atoms with Gasteiger partial charge in [0.25, 0.3) is 0 Å². The molecule has 0 atom stereocenters. The van der Waals surface area contributed by atoms with Gasteiger partial charge >= 0.3 is 0 Å². The van der Waals surface area contributed by atoms with E-state index in [-0.39, 0.29) is 0 Å². The van der Waals surface area contributed by atoms with Gasteiger partial charge < -0.3 is 4.98 Å². The molecular formula is C17H10BrClN2. The van der Waals surface area contributed by atoms with Crippen LogP contribution >= 0.6 is 27.5 Å². The lowest BCUT2D eigenvalue weighted by Gasteiger charge is -2.05. The van der Waals surface area contributed by atoms with Crippen LogP contribution in [0.25, 0.3) is 33.2 Å². The summed E-state index contributed by atoms with van der Waals surface area (Å²) in [5, 5.41) is 3.05. The molecule has 1 N–H and O–H groups in total. The van der Waals surface area contributed by atoms with Crippen molar-refractivity contribution in [1.29, 1.82) is 0 Å². The molecule has 2 nitrogen and oxygen atoms in total. The lowest BCUT2D eigenvalue weighted by atomic mass is 10.0. The largest absolute Gasteiger partial charge is 0.338 e. The predicted molar refractivity (Wildman–Crippen MR) is 91.7 cm³/mol. The van der Waals surface area contributed by atoms with E-state index in [1.165, 1.54) is 5.39 Å². The molecule has 3 aromatic carbocycles. The quantitative estimate of drug-likeness (QED) is 0.458. The van der Waals surface area contributed by atoms with Crippen molar-refractivity contribution in [1.82, 2.24) is 9.97 Å². The fourth-order valence-corrected chi connectivity index (χ4v) is 3.26. The van der Waals surface area contributed by atoms with E-state index >= 15 is 0 Å². The molecule has 0 aliphatic heterocycles. The highest BCUT2D eigenvalue weighted by atomic mass is 79.9. The Kier molecular flexibility index (Phi) is 2.98. The Labute approximate surface area is 134 Å². The van der Waals surface area contributed by atoms with Gasteiger partial charge in [-0.25, -0.2) is 4.98 Å². The van der Waals surface area contributed by atoms with Gasteiger partial charge in [0.05, 0.1) is 11.0 Å². The highest BCUT2D eigenvalue weighted by molar-refractivity contribution is 9.10. The smallest absolute Gasteiger partial charge is 0.139 e. The van der Waals surface area contributed by atoms with E-state index in [1.54, 1.807) is 0 Å². The Hall–Kier alpha value is -1.84. The molecule has 1 heterocycles. The minimum Gasteiger partial charge on any atom is -0.338 e. The molecular weight excluding hydrogens is 348 g/mol. The minimum atomic E-state index is 0.707. The van der Waals surface area contributed by atoms with E-state index in [1.807, 2.05) is 36.4 Å². The Morgan fingerprint density at radius 1 is 0.952 bits per heavy atom. The van der Waals surface area contributed by atoms with Crippen LogP contribution in [0.2, 0.25) is 5.02 Å². The van der Waals surface area contributed by atoms with Gasteiger partial charge in [0, 0.05) is 15.1 Å². The van der Waals surface area contributed by atoms with Gasteiger partial charge in [-0.05, 0) is 35.0 Å². The number of fused-ring (bicyclic) bond motifs is 2. The minimum absolute atomic E-state index is 0.707. The number of rotatable bonds is 1. The Morgan fingerprint density at radius 2 is 1.76 bits per heavy atom. The molecule has 0 amide bonds. The Balaban J connectivity index is 2.02. The molecule has 4 rings (SSSR count). The highest BCUT2D eigenvalue weighted by Gasteiger charge is 2.10. The fraction of sp³-hybridized carbons (Fsp3) is 0. The summed E-state index contributed by atoms with van der Waals surface area (Å²) in [5.74, 6) is 0.857. The summed E-state index contributed by atoms with van der Waals surface area (Å²) >= 11 is 9.64. The molecule has 1 aromatic heterocycles. The first-order valence-corrected chi connectivity index (χ1v) is 7.72. The fourth-order valence-electron chi connectivity index (χ4n) is 2.59. The van der Waals surface area contributed by atoms with E-state index in [9.17, 15) is 0 Å². The topological polar surface area (TPSA) is 28.7 Å². The standard InChI is InChI=1S/C17H10BrClN2/c18-14-6-2-3-11-12(14)4-1-5-13(11)17-20-15-8-7-10(19)9-16(15)21-17/h1-9H,(H,20,21). The van der Waals surface area contributed by atoms with E-state index in [2.05, 4.69) is 44.1 Å². The molecule has 102 valence electrons. The maximum atomic E-state index is 6.04. The first kappa shape index (κ1) is 12.9. The van der Waals surface area contributed by atoms with Crippen LogP contribution in [0.5, 0.6) is 0 Å². The monoisotopic (exact) mass is 356 g/mol. The van der Waals surface area contributed by atoms with Crippen LogP contribution in [0.15, 0.2) is 59.1 Å². The molecule has 0 aliphatic rings. The van der Waals surface area contributed by atoms with Crippen molar-refractivity contribution in [2.45, 2.75) is 0 Å². The van der Waals surface area contributed by atoms with Gasteiger partial charge in [-0.15, -0.1) is 0 Å². The number of nitrogens with zero attached hydrogens (tertiary/aromatic N) is 1. The number of hydrogen-bond acceptors (Lipinski definition) is 1. The van der Waals surface area contributed by atoms with Gasteiger partial charge in [-0.3, -0.25) is 0 Å². The number of H-pyrrole nitrogens is 1. The van der Waals surface area contributed by atoms with Crippen molar-refractivity contribution < 1.29 is 0 Å². The summed E-state index contributed by atoms with van der Waals surface area (Å²) in [5.41, 5.74) is 2.95. The molecule has 0 aliphatic carbocycles. The molecule has 0 saturated heterocycles. The maximum Gasteiger partial charge on any atom is 0.139 e. The van der Waals surface area contributed by atoms with Gasteiger partial charge in [-0.2, -0.15) is 0 Å². The highest BCUT2D eigenvalue weighted by Crippen LogP contribution is 2.32. The average molecular weight is 358 g/mol. The summed E-state index contributed by atoms with van der Waals surface area (Å²) < 4.78 is 1.08. The van der Waals surface area contributed by atoms with Crippen molar-refractivity contribution in [2.75, 3.05) is 0 Å². The van der Waals surface area contributed by atoms with E-state index in [0.29, 0.717) is 5.02 Å². The molecule has 0 radical (unpaired) electrons. The van der Waals surface area contributed by atoms with Gasteiger partial charge in [0.2, 0.25) is 0 Å². The second-order valence-electron chi connectivity index (χ2n) is 4.89. The third kappa shape index (κ3) is 2.13. The number of aromatic nitrogens is 2. The van der Waals surface area contributed by atoms with E-state index in [4.69, 9.17) is 11.6 Å². The molecule has 0 saturated carbocycles. The third-order valence-electron chi connectivity index (χ3n) is 3.57. The molecule has 21 heavy (non-hydrogen) atoms. The molecule has 0 spiro atoms. The Bertz CT molecular complexity index is 975. The summed E-state index contributed by atoms with van der Waals surface area (Å²) in [4.78, 5) is 8.03. The number of imidazole rings is 1. The van der Waals surface area contributed by atoms with Crippen molar-refractivity contribution in [2.24, 2.45) is 0 Å². The number of hydrogen-bond donors (Lipinski definition) is 1. The van der Waals surface area contributed by atoms with Crippen LogP contribution in [-0.4, -0.2) is 9.97 Å². The van der Waals surface area contributed by atoms with Crippen LogP contribution in [0.1, 0.15) is 0 Å². The molecule has 0 unspecified atom stereocenters. The Morgan fingerprint density at radius 3 is 2.67 bits per heavy atom. The lowest BCUT2D eigenvalue weighted by Crippen LogP contribution is -1.84. The van der Waals surface area contributed by atoms with Crippen LogP contribution in [0.3, 0.4) is 0 Å². The zero-order valence-corrected chi connectivity index (χ0v) is 13.2. The van der Waals surface area contributed by atoms with Gasteiger partial charge in [-0.1, -0.05) is 57.9 Å². The summed E-state index contributed by atoms with van der Waals surface area (Å²) in [6.07, 6.45) is 0. The lowest BCUT2D eigenvalue weighted by molar-refractivity contribution is 1.35. The van der Waals surface area contributed by atoms with Crippen LogP contribution in [0, 0.1) is 0 Å². The number of benzene rings is 3. The zero-order chi connectivity index (χ0) is 14.4. The molecule has 0 fully saturated rings. The SMILES string of the molecule is Clc1ccc2nc(-c3cccc4c(Br)cccc34)[nH]c2c1. The number of nitrogens with one attached hydrogen (secondary N) is 1. The van der Waals surface area contributed by atoms with Gasteiger partial charge in [0.1, 0.15) is 5.82 Å². The molecule has 4 aromatic rings. The summed E-state index contributed by atoms with van der Waals surface area (Å²) in [7, 11) is 0. The van der Waals surface area contributed by atoms with Crippen molar-refractivity contribution >= 4 is 49.3 Å².